The molecule has 22 heavy (non-hydrogen) atoms. The van der Waals surface area contributed by atoms with E-state index in [4.69, 9.17) is 0 Å². The summed E-state index contributed by atoms with van der Waals surface area (Å²) in [6.45, 7) is 7.05. The summed E-state index contributed by atoms with van der Waals surface area (Å²) >= 11 is 0. The Bertz CT molecular complexity index is 600. The molecule has 1 aliphatic rings. The second-order valence-corrected chi connectivity index (χ2v) is 6.86. The molecule has 2 aromatic rings. The minimum absolute atomic E-state index is 0. The van der Waals surface area contributed by atoms with Crippen molar-refractivity contribution in [3.63, 3.8) is 0 Å². The van der Waals surface area contributed by atoms with Crippen LogP contribution < -0.4 is 5.32 Å². The molecule has 0 amide bonds. The Hall–Kier alpha value is -1.09. The van der Waals surface area contributed by atoms with E-state index in [1.807, 2.05) is 0 Å². The standard InChI is InChI=1S/C19H26N2.ClH/c1-19(11-12-20-14-19)15-21(2)13-10-17-8-5-7-16-6-3-4-9-18(16)17;/h3-9,20H,10-15H2,1-2H3;1H. The third-order valence-electron chi connectivity index (χ3n) is 4.75. The van der Waals surface area contributed by atoms with Crippen molar-refractivity contribution >= 4 is 23.2 Å². The van der Waals surface area contributed by atoms with Crippen molar-refractivity contribution in [2.24, 2.45) is 5.41 Å². The van der Waals surface area contributed by atoms with Crippen LogP contribution in [0.2, 0.25) is 0 Å². The average molecular weight is 319 g/mol. The highest BCUT2D eigenvalue weighted by Crippen LogP contribution is 2.25. The third kappa shape index (κ3) is 4.01. The van der Waals surface area contributed by atoms with Crippen LogP contribution in [0.1, 0.15) is 18.9 Å². The Kier molecular flexibility index (Phi) is 5.85. The number of hydrogen-bond acceptors (Lipinski definition) is 2. The van der Waals surface area contributed by atoms with E-state index < -0.39 is 0 Å². The number of fused-ring (bicyclic) bond motifs is 1. The molecule has 1 N–H and O–H groups in total. The van der Waals surface area contributed by atoms with Crippen molar-refractivity contribution in [1.82, 2.24) is 10.2 Å². The Morgan fingerprint density at radius 2 is 1.91 bits per heavy atom. The summed E-state index contributed by atoms with van der Waals surface area (Å²) < 4.78 is 0. The summed E-state index contributed by atoms with van der Waals surface area (Å²) in [5.74, 6) is 0. The lowest BCUT2D eigenvalue weighted by molar-refractivity contribution is 0.211. The fourth-order valence-electron chi connectivity index (χ4n) is 3.56. The SMILES string of the molecule is CN(CCc1cccc2ccccc12)CC1(C)CCNC1.Cl. The van der Waals surface area contributed by atoms with Crippen LogP contribution in [-0.2, 0) is 6.42 Å². The number of likely N-dealkylation sites (N-methyl/N-ethyl adjacent to an activating group) is 1. The van der Waals surface area contributed by atoms with E-state index >= 15 is 0 Å². The van der Waals surface area contributed by atoms with Gasteiger partial charge in [-0.15, -0.1) is 12.4 Å². The topological polar surface area (TPSA) is 15.3 Å². The first-order valence-corrected chi connectivity index (χ1v) is 8.02. The zero-order chi connectivity index (χ0) is 14.7. The van der Waals surface area contributed by atoms with Gasteiger partial charge in [0, 0.05) is 19.6 Å². The summed E-state index contributed by atoms with van der Waals surface area (Å²) in [5.41, 5.74) is 1.92. The third-order valence-corrected chi connectivity index (χ3v) is 4.75. The van der Waals surface area contributed by atoms with Crippen LogP contribution in [-0.4, -0.2) is 38.1 Å². The van der Waals surface area contributed by atoms with Crippen LogP contribution in [0.4, 0.5) is 0 Å². The van der Waals surface area contributed by atoms with Crippen molar-refractivity contribution < 1.29 is 0 Å². The van der Waals surface area contributed by atoms with Gasteiger partial charge in [0.1, 0.15) is 0 Å². The van der Waals surface area contributed by atoms with Gasteiger partial charge in [0.2, 0.25) is 0 Å². The molecule has 0 saturated carbocycles. The number of nitrogens with zero attached hydrogens (tertiary/aromatic N) is 1. The van der Waals surface area contributed by atoms with Crippen molar-refractivity contribution in [2.45, 2.75) is 19.8 Å². The van der Waals surface area contributed by atoms with Crippen LogP contribution in [0.3, 0.4) is 0 Å². The quantitative estimate of drug-likeness (QED) is 0.903. The molecule has 1 aliphatic heterocycles. The molecule has 2 nitrogen and oxygen atoms in total. The molecule has 0 aromatic heterocycles. The number of rotatable bonds is 5. The van der Waals surface area contributed by atoms with Crippen LogP contribution in [0.25, 0.3) is 10.8 Å². The van der Waals surface area contributed by atoms with Crippen LogP contribution in [0.5, 0.6) is 0 Å². The van der Waals surface area contributed by atoms with Crippen molar-refractivity contribution in [3.8, 4) is 0 Å². The molecule has 1 saturated heterocycles. The molecule has 1 fully saturated rings. The summed E-state index contributed by atoms with van der Waals surface area (Å²) in [7, 11) is 2.26. The van der Waals surface area contributed by atoms with E-state index in [1.165, 1.54) is 35.8 Å². The van der Waals surface area contributed by atoms with Gasteiger partial charge in [-0.3, -0.25) is 0 Å². The number of hydrogen-bond donors (Lipinski definition) is 1. The van der Waals surface area contributed by atoms with Crippen LogP contribution in [0.15, 0.2) is 42.5 Å². The van der Waals surface area contributed by atoms with E-state index in [0.29, 0.717) is 5.41 Å². The molecule has 120 valence electrons. The smallest absolute Gasteiger partial charge is 0.00450 e. The highest BCUT2D eigenvalue weighted by atomic mass is 35.5. The summed E-state index contributed by atoms with van der Waals surface area (Å²) in [6, 6.07) is 15.4. The Morgan fingerprint density at radius 3 is 2.68 bits per heavy atom. The van der Waals surface area contributed by atoms with Crippen molar-refractivity contribution in [1.29, 1.82) is 0 Å². The molecule has 1 unspecified atom stereocenters. The Balaban J connectivity index is 0.00000176. The van der Waals surface area contributed by atoms with Gasteiger partial charge in [0.05, 0.1) is 0 Å². The molecule has 3 rings (SSSR count). The summed E-state index contributed by atoms with van der Waals surface area (Å²) in [6.07, 6.45) is 2.42. The maximum absolute atomic E-state index is 3.49. The molecular formula is C19H27ClN2. The predicted molar refractivity (Wildman–Crippen MR) is 98.0 cm³/mol. The zero-order valence-electron chi connectivity index (χ0n) is 13.6. The summed E-state index contributed by atoms with van der Waals surface area (Å²) in [4.78, 5) is 2.49. The van der Waals surface area contributed by atoms with Gasteiger partial charge in [-0.2, -0.15) is 0 Å². The monoisotopic (exact) mass is 318 g/mol. The highest BCUT2D eigenvalue weighted by Gasteiger charge is 2.29. The van der Waals surface area contributed by atoms with E-state index in [2.05, 4.69) is 66.7 Å². The first kappa shape index (κ1) is 17.3. The van der Waals surface area contributed by atoms with Crippen molar-refractivity contribution in [3.05, 3.63) is 48.0 Å². The Morgan fingerprint density at radius 1 is 1.14 bits per heavy atom. The first-order valence-electron chi connectivity index (χ1n) is 8.02. The maximum atomic E-state index is 3.49. The first-order chi connectivity index (χ1) is 10.2. The van der Waals surface area contributed by atoms with E-state index in [9.17, 15) is 0 Å². The largest absolute Gasteiger partial charge is 0.316 e. The second-order valence-electron chi connectivity index (χ2n) is 6.86. The molecule has 0 aliphatic carbocycles. The van der Waals surface area contributed by atoms with Gasteiger partial charge in [-0.1, -0.05) is 49.4 Å². The molecule has 0 spiro atoms. The zero-order valence-corrected chi connectivity index (χ0v) is 14.5. The minimum Gasteiger partial charge on any atom is -0.316 e. The fraction of sp³-hybridized carbons (Fsp3) is 0.474. The number of nitrogens with one attached hydrogen (secondary N) is 1. The summed E-state index contributed by atoms with van der Waals surface area (Å²) in [5, 5.41) is 6.25. The van der Waals surface area contributed by atoms with E-state index in [-0.39, 0.29) is 12.4 Å². The molecule has 1 atom stereocenters. The lowest BCUT2D eigenvalue weighted by Crippen LogP contribution is -2.36. The van der Waals surface area contributed by atoms with Gasteiger partial charge >= 0.3 is 0 Å². The molecule has 3 heteroatoms. The molecule has 0 bridgehead atoms. The molecular weight excluding hydrogens is 292 g/mol. The fourth-order valence-corrected chi connectivity index (χ4v) is 3.56. The molecule has 1 heterocycles. The maximum Gasteiger partial charge on any atom is 0.00450 e. The van der Waals surface area contributed by atoms with Gasteiger partial charge in [0.15, 0.2) is 0 Å². The average Bonchev–Trinajstić information content (AvgIpc) is 2.91. The van der Waals surface area contributed by atoms with Crippen molar-refractivity contribution in [2.75, 3.05) is 33.2 Å². The number of halogens is 1. The minimum atomic E-state index is 0. The predicted octanol–water partition coefficient (Wildman–Crippen LogP) is 3.74. The van der Waals surface area contributed by atoms with Gasteiger partial charge in [-0.05, 0) is 48.2 Å². The van der Waals surface area contributed by atoms with E-state index in [1.54, 1.807) is 0 Å². The van der Waals surface area contributed by atoms with Gasteiger partial charge in [-0.25, -0.2) is 0 Å². The van der Waals surface area contributed by atoms with Gasteiger partial charge < -0.3 is 10.2 Å². The lowest BCUT2D eigenvalue weighted by Gasteiger charge is -2.29. The molecule has 0 radical (unpaired) electrons. The number of benzene rings is 2. The van der Waals surface area contributed by atoms with Crippen LogP contribution >= 0.6 is 12.4 Å². The second kappa shape index (κ2) is 7.45. The highest BCUT2D eigenvalue weighted by molar-refractivity contribution is 5.86. The van der Waals surface area contributed by atoms with E-state index in [0.717, 1.165) is 19.5 Å². The molecule has 2 aromatic carbocycles. The normalized spacial score (nSPS) is 21.2. The lowest BCUT2D eigenvalue weighted by atomic mass is 9.89. The van der Waals surface area contributed by atoms with Crippen LogP contribution in [0, 0.1) is 5.41 Å². The van der Waals surface area contributed by atoms with Gasteiger partial charge in [0.25, 0.3) is 0 Å². The Labute approximate surface area is 140 Å².